The van der Waals surface area contributed by atoms with Gasteiger partial charge in [-0.2, -0.15) is 5.10 Å². The van der Waals surface area contributed by atoms with Crippen molar-refractivity contribution in [3.63, 3.8) is 0 Å². The molecule has 1 heterocycles. The number of unbranched alkanes of at least 4 members (excludes halogenated alkanes) is 5. The molecule has 0 aliphatic heterocycles. The number of thiazole rings is 1. The van der Waals surface area contributed by atoms with Gasteiger partial charge in [0, 0.05) is 22.2 Å². The molecule has 0 saturated carbocycles. The summed E-state index contributed by atoms with van der Waals surface area (Å²) in [6.07, 6.45) is 8.88. The third-order valence-electron chi connectivity index (χ3n) is 6.57. The number of rotatable bonds is 15. The first-order chi connectivity index (χ1) is 20.1. The molecule has 1 amide bonds. The number of methoxy groups -OCH3 is 1. The van der Waals surface area contributed by atoms with E-state index in [-0.39, 0.29) is 5.91 Å². The van der Waals surface area contributed by atoms with Crippen LogP contribution in [-0.4, -0.2) is 30.8 Å². The van der Waals surface area contributed by atoms with E-state index in [1.807, 2.05) is 47.8 Å². The van der Waals surface area contributed by atoms with Crippen LogP contribution in [0.3, 0.4) is 0 Å². The Morgan fingerprint density at radius 1 is 0.951 bits per heavy atom. The minimum absolute atomic E-state index is 0.293. The number of aryl methyl sites for hydroxylation is 1. The number of carbonyl (C=O) groups excluding carboxylic acids is 1. The lowest BCUT2D eigenvalue weighted by Gasteiger charge is -2.11. The van der Waals surface area contributed by atoms with Crippen LogP contribution in [0.4, 0.5) is 10.8 Å². The van der Waals surface area contributed by atoms with E-state index in [1.54, 1.807) is 25.5 Å². The lowest BCUT2D eigenvalue weighted by molar-refractivity contribution is 0.0955. The van der Waals surface area contributed by atoms with E-state index in [4.69, 9.17) is 9.47 Å². The first-order valence-corrected chi connectivity index (χ1v) is 15.0. The summed E-state index contributed by atoms with van der Waals surface area (Å²) < 4.78 is 11.4. The smallest absolute Gasteiger partial charge is 0.271 e. The number of nitrogens with one attached hydrogen (secondary N) is 2. The van der Waals surface area contributed by atoms with E-state index >= 15 is 0 Å². The van der Waals surface area contributed by atoms with Crippen LogP contribution in [-0.2, 0) is 0 Å². The Morgan fingerprint density at radius 2 is 1.71 bits per heavy atom. The molecule has 7 nitrogen and oxygen atoms in total. The highest BCUT2D eigenvalue weighted by molar-refractivity contribution is 7.14. The minimum Gasteiger partial charge on any atom is -0.493 e. The normalized spacial score (nSPS) is 11.0. The molecular formula is C33H38N4O3S. The van der Waals surface area contributed by atoms with Gasteiger partial charge in [-0.3, -0.25) is 4.79 Å². The quantitative estimate of drug-likeness (QED) is 0.0852. The molecule has 0 atom stereocenters. The molecular weight excluding hydrogens is 532 g/mol. The van der Waals surface area contributed by atoms with Gasteiger partial charge >= 0.3 is 0 Å². The lowest BCUT2D eigenvalue weighted by Crippen LogP contribution is -2.17. The maximum absolute atomic E-state index is 12.6. The van der Waals surface area contributed by atoms with Crippen molar-refractivity contribution in [2.75, 3.05) is 19.0 Å². The van der Waals surface area contributed by atoms with Crippen molar-refractivity contribution in [3.8, 4) is 22.8 Å². The van der Waals surface area contributed by atoms with Crippen LogP contribution in [0, 0.1) is 6.92 Å². The molecule has 8 heteroatoms. The van der Waals surface area contributed by atoms with Gasteiger partial charge in [-0.1, -0.05) is 68.9 Å². The van der Waals surface area contributed by atoms with E-state index in [9.17, 15) is 4.79 Å². The number of carbonyl (C=O) groups is 1. The minimum atomic E-state index is -0.293. The van der Waals surface area contributed by atoms with Crippen molar-refractivity contribution in [3.05, 3.63) is 88.8 Å². The molecule has 0 bridgehead atoms. The summed E-state index contributed by atoms with van der Waals surface area (Å²) >= 11 is 1.54. The number of ether oxygens (including phenoxy) is 2. The van der Waals surface area contributed by atoms with Gasteiger partial charge in [-0.05, 0) is 61.4 Å². The number of hydrogen-bond donors (Lipinski definition) is 2. The van der Waals surface area contributed by atoms with Crippen LogP contribution in [0.25, 0.3) is 11.3 Å². The summed E-state index contributed by atoms with van der Waals surface area (Å²) in [4.78, 5) is 17.3. The van der Waals surface area contributed by atoms with Crippen molar-refractivity contribution in [1.82, 2.24) is 10.4 Å². The topological polar surface area (TPSA) is 84.8 Å². The Bertz CT molecular complexity index is 1420. The van der Waals surface area contributed by atoms with Crippen LogP contribution in [0.1, 0.15) is 66.9 Å². The highest BCUT2D eigenvalue weighted by atomic mass is 32.1. The Hall–Kier alpha value is -4.17. The summed E-state index contributed by atoms with van der Waals surface area (Å²) in [5, 5.41) is 10.3. The van der Waals surface area contributed by atoms with Gasteiger partial charge < -0.3 is 14.8 Å². The van der Waals surface area contributed by atoms with E-state index < -0.39 is 0 Å². The van der Waals surface area contributed by atoms with Gasteiger partial charge in [-0.25, -0.2) is 10.4 Å². The number of nitrogens with zero attached hydrogens (tertiary/aromatic N) is 2. The standard InChI is InChI=1S/C33H38N4O3S/c1-4-5-6-7-8-9-20-40-30-19-12-25(21-31(30)39-3)22-34-37-32(38)27-15-13-26(14-16-27)29-23-41-33(36-29)35-28-17-10-24(2)11-18-28/h10-19,21-23H,4-9,20H2,1-3H3,(H,35,36)(H,37,38)/b34-22+. The summed E-state index contributed by atoms with van der Waals surface area (Å²) in [5.74, 6) is 1.06. The number of benzene rings is 3. The molecule has 0 unspecified atom stereocenters. The van der Waals surface area contributed by atoms with E-state index in [0.717, 1.165) is 34.1 Å². The van der Waals surface area contributed by atoms with Gasteiger partial charge in [0.15, 0.2) is 16.6 Å². The monoisotopic (exact) mass is 570 g/mol. The molecule has 214 valence electrons. The second kappa shape index (κ2) is 15.6. The third kappa shape index (κ3) is 9.18. The summed E-state index contributed by atoms with van der Waals surface area (Å²) in [7, 11) is 1.62. The number of anilines is 2. The van der Waals surface area contributed by atoms with Gasteiger partial charge in [-0.15, -0.1) is 11.3 Å². The first kappa shape index (κ1) is 29.8. The van der Waals surface area contributed by atoms with Crippen molar-refractivity contribution in [2.45, 2.75) is 52.4 Å². The number of hydrogen-bond acceptors (Lipinski definition) is 7. The summed E-state index contributed by atoms with van der Waals surface area (Å²) in [6.45, 7) is 4.95. The third-order valence-corrected chi connectivity index (χ3v) is 7.33. The van der Waals surface area contributed by atoms with Crippen LogP contribution < -0.4 is 20.2 Å². The first-order valence-electron chi connectivity index (χ1n) is 14.1. The van der Waals surface area contributed by atoms with Gasteiger partial charge in [0.1, 0.15) is 0 Å². The predicted molar refractivity (Wildman–Crippen MR) is 169 cm³/mol. The molecule has 3 aromatic carbocycles. The molecule has 41 heavy (non-hydrogen) atoms. The molecule has 0 radical (unpaired) electrons. The predicted octanol–water partition coefficient (Wildman–Crippen LogP) is 8.37. The fourth-order valence-corrected chi connectivity index (χ4v) is 4.93. The van der Waals surface area contributed by atoms with Crippen molar-refractivity contribution < 1.29 is 14.3 Å². The van der Waals surface area contributed by atoms with E-state index in [0.29, 0.717) is 23.7 Å². The second-order valence-corrected chi connectivity index (χ2v) is 10.7. The van der Waals surface area contributed by atoms with Crippen LogP contribution >= 0.6 is 11.3 Å². The highest BCUT2D eigenvalue weighted by Gasteiger charge is 2.09. The molecule has 4 rings (SSSR count). The molecule has 0 fully saturated rings. The van der Waals surface area contributed by atoms with Crippen LogP contribution in [0.15, 0.2) is 77.2 Å². The van der Waals surface area contributed by atoms with E-state index in [2.05, 4.69) is 46.8 Å². The Kier molecular flexibility index (Phi) is 11.3. The molecule has 2 N–H and O–H groups in total. The SMILES string of the molecule is CCCCCCCCOc1ccc(/C=N/NC(=O)c2ccc(-c3csc(Nc4ccc(C)cc4)n3)cc2)cc1OC. The molecule has 0 aliphatic rings. The fraction of sp³-hybridized carbons (Fsp3) is 0.303. The Morgan fingerprint density at radius 3 is 2.46 bits per heavy atom. The Balaban J connectivity index is 1.26. The zero-order valence-electron chi connectivity index (χ0n) is 24.0. The fourth-order valence-electron chi connectivity index (χ4n) is 4.19. The lowest BCUT2D eigenvalue weighted by atomic mass is 10.1. The molecule has 0 aliphatic carbocycles. The summed E-state index contributed by atoms with van der Waals surface area (Å²) in [5.41, 5.74) is 7.89. The maximum atomic E-state index is 12.6. The van der Waals surface area contributed by atoms with Crippen molar-refractivity contribution >= 4 is 34.3 Å². The van der Waals surface area contributed by atoms with Gasteiger partial charge in [0.05, 0.1) is 25.6 Å². The van der Waals surface area contributed by atoms with Crippen LogP contribution in [0.2, 0.25) is 0 Å². The zero-order chi connectivity index (χ0) is 28.9. The number of aromatic nitrogens is 1. The Labute approximate surface area is 246 Å². The van der Waals surface area contributed by atoms with Gasteiger partial charge in [0.25, 0.3) is 5.91 Å². The van der Waals surface area contributed by atoms with Crippen LogP contribution in [0.5, 0.6) is 11.5 Å². The largest absolute Gasteiger partial charge is 0.493 e. The van der Waals surface area contributed by atoms with Crippen molar-refractivity contribution in [2.24, 2.45) is 5.10 Å². The molecule has 1 aromatic heterocycles. The van der Waals surface area contributed by atoms with E-state index in [1.165, 1.54) is 49.0 Å². The molecule has 4 aromatic rings. The zero-order valence-corrected chi connectivity index (χ0v) is 24.8. The highest BCUT2D eigenvalue weighted by Crippen LogP contribution is 2.29. The number of hydrazone groups is 1. The van der Waals surface area contributed by atoms with Crippen molar-refractivity contribution in [1.29, 1.82) is 0 Å². The maximum Gasteiger partial charge on any atom is 0.271 e. The number of amides is 1. The average molecular weight is 571 g/mol. The summed E-state index contributed by atoms with van der Waals surface area (Å²) in [6, 6.07) is 21.1. The molecule has 0 saturated heterocycles. The second-order valence-electron chi connectivity index (χ2n) is 9.83. The molecule has 0 spiro atoms. The van der Waals surface area contributed by atoms with Gasteiger partial charge in [0.2, 0.25) is 0 Å². The average Bonchev–Trinajstić information content (AvgIpc) is 3.46.